The minimum atomic E-state index is 0.0923. The topological polar surface area (TPSA) is 62.1 Å². The molecule has 0 fully saturated rings. The number of aromatic nitrogens is 1. The zero-order chi connectivity index (χ0) is 12.4. The van der Waals surface area contributed by atoms with Crippen molar-refractivity contribution in [3.05, 3.63) is 30.0 Å². The van der Waals surface area contributed by atoms with E-state index in [0.717, 1.165) is 22.2 Å². The number of aromatic amines is 1. The van der Waals surface area contributed by atoms with Crippen LogP contribution in [0, 0.1) is 0 Å². The number of ketones is 1. The Morgan fingerprint density at radius 3 is 2.82 bits per heavy atom. The summed E-state index contributed by atoms with van der Waals surface area (Å²) in [5.41, 5.74) is 8.21. The molecule has 2 rings (SSSR count). The van der Waals surface area contributed by atoms with E-state index in [0.29, 0.717) is 13.0 Å². The number of carbonyl (C=O) groups excluding carboxylic acids is 1. The molecule has 1 aromatic heterocycles. The summed E-state index contributed by atoms with van der Waals surface area (Å²) in [7, 11) is 3.96. The molecule has 0 spiro atoms. The third-order valence-electron chi connectivity index (χ3n) is 2.85. The first-order chi connectivity index (χ1) is 8.13. The van der Waals surface area contributed by atoms with Gasteiger partial charge in [-0.2, -0.15) is 0 Å². The predicted molar refractivity (Wildman–Crippen MR) is 70.6 cm³/mol. The molecule has 4 heteroatoms. The number of rotatable bonds is 4. The first-order valence-electron chi connectivity index (χ1n) is 5.65. The standard InChI is InChI=1S/C13H17N3O/c1-16(2)9-3-4-12-10(7-9)11(8-15-12)13(17)5-6-14/h3-4,7-8,15H,5-6,14H2,1-2H3. The van der Waals surface area contributed by atoms with Crippen molar-refractivity contribution in [1.29, 1.82) is 0 Å². The van der Waals surface area contributed by atoms with E-state index in [9.17, 15) is 4.79 Å². The van der Waals surface area contributed by atoms with Crippen molar-refractivity contribution in [2.24, 2.45) is 5.73 Å². The number of benzene rings is 1. The number of H-pyrrole nitrogens is 1. The van der Waals surface area contributed by atoms with Crippen LogP contribution in [0.4, 0.5) is 5.69 Å². The van der Waals surface area contributed by atoms with Gasteiger partial charge in [-0.1, -0.05) is 0 Å². The molecule has 0 radical (unpaired) electrons. The second-order valence-corrected chi connectivity index (χ2v) is 4.29. The van der Waals surface area contributed by atoms with Gasteiger partial charge >= 0.3 is 0 Å². The molecule has 2 aromatic rings. The molecule has 1 aromatic carbocycles. The molecule has 1 heterocycles. The van der Waals surface area contributed by atoms with Gasteiger partial charge in [-0.25, -0.2) is 0 Å². The van der Waals surface area contributed by atoms with Crippen molar-refractivity contribution >= 4 is 22.4 Å². The second-order valence-electron chi connectivity index (χ2n) is 4.29. The lowest BCUT2D eigenvalue weighted by molar-refractivity contribution is 0.0987. The van der Waals surface area contributed by atoms with E-state index < -0.39 is 0 Å². The summed E-state index contributed by atoms with van der Waals surface area (Å²) < 4.78 is 0. The first-order valence-corrected chi connectivity index (χ1v) is 5.65. The van der Waals surface area contributed by atoms with Crippen molar-refractivity contribution in [1.82, 2.24) is 4.98 Å². The molecule has 0 aliphatic carbocycles. The molecule has 0 bridgehead atoms. The van der Waals surface area contributed by atoms with Crippen LogP contribution in [0.25, 0.3) is 10.9 Å². The van der Waals surface area contributed by atoms with Gasteiger partial charge < -0.3 is 15.6 Å². The molecule has 4 nitrogen and oxygen atoms in total. The van der Waals surface area contributed by atoms with Crippen LogP contribution in [0.2, 0.25) is 0 Å². The predicted octanol–water partition coefficient (Wildman–Crippen LogP) is 1.77. The fourth-order valence-corrected chi connectivity index (χ4v) is 1.88. The Hall–Kier alpha value is -1.81. The number of anilines is 1. The van der Waals surface area contributed by atoms with Gasteiger partial charge in [-0.3, -0.25) is 4.79 Å². The zero-order valence-corrected chi connectivity index (χ0v) is 10.2. The Morgan fingerprint density at radius 2 is 2.18 bits per heavy atom. The van der Waals surface area contributed by atoms with Gasteiger partial charge in [0, 0.05) is 48.9 Å². The van der Waals surface area contributed by atoms with Gasteiger partial charge in [0.25, 0.3) is 0 Å². The Labute approximate surface area is 100 Å². The van der Waals surface area contributed by atoms with Gasteiger partial charge in [0.15, 0.2) is 5.78 Å². The Morgan fingerprint density at radius 1 is 1.41 bits per heavy atom. The van der Waals surface area contributed by atoms with E-state index in [-0.39, 0.29) is 5.78 Å². The average molecular weight is 231 g/mol. The highest BCUT2D eigenvalue weighted by atomic mass is 16.1. The van der Waals surface area contributed by atoms with Crippen molar-refractivity contribution in [3.8, 4) is 0 Å². The smallest absolute Gasteiger partial charge is 0.166 e. The molecular formula is C13H17N3O. The maximum atomic E-state index is 11.9. The van der Waals surface area contributed by atoms with Crippen LogP contribution in [-0.2, 0) is 0 Å². The van der Waals surface area contributed by atoms with E-state index >= 15 is 0 Å². The molecule has 3 N–H and O–H groups in total. The van der Waals surface area contributed by atoms with E-state index in [1.165, 1.54) is 0 Å². The minimum Gasteiger partial charge on any atom is -0.378 e. The summed E-state index contributed by atoms with van der Waals surface area (Å²) in [5.74, 6) is 0.0923. The fraction of sp³-hybridized carbons (Fsp3) is 0.308. The molecule has 0 unspecified atom stereocenters. The molecule has 0 atom stereocenters. The van der Waals surface area contributed by atoms with Gasteiger partial charge in [0.2, 0.25) is 0 Å². The Kier molecular flexibility index (Phi) is 3.15. The van der Waals surface area contributed by atoms with Crippen molar-refractivity contribution in [2.75, 3.05) is 25.5 Å². The summed E-state index contributed by atoms with van der Waals surface area (Å²) in [4.78, 5) is 17.0. The lowest BCUT2D eigenvalue weighted by atomic mass is 10.1. The second kappa shape index (κ2) is 4.59. The quantitative estimate of drug-likeness (QED) is 0.788. The molecule has 0 saturated heterocycles. The lowest BCUT2D eigenvalue weighted by Crippen LogP contribution is -2.09. The third kappa shape index (κ3) is 2.17. The largest absolute Gasteiger partial charge is 0.378 e. The summed E-state index contributed by atoms with van der Waals surface area (Å²) in [6.45, 7) is 0.388. The number of hydrogen-bond acceptors (Lipinski definition) is 3. The fourth-order valence-electron chi connectivity index (χ4n) is 1.88. The molecule has 90 valence electrons. The van der Waals surface area contributed by atoms with Crippen molar-refractivity contribution in [3.63, 3.8) is 0 Å². The highest BCUT2D eigenvalue weighted by molar-refractivity contribution is 6.08. The van der Waals surface area contributed by atoms with Crippen LogP contribution in [0.1, 0.15) is 16.8 Å². The van der Waals surface area contributed by atoms with Crippen LogP contribution >= 0.6 is 0 Å². The number of hydrogen-bond donors (Lipinski definition) is 2. The number of fused-ring (bicyclic) bond motifs is 1. The molecule has 0 aliphatic rings. The van der Waals surface area contributed by atoms with Crippen molar-refractivity contribution in [2.45, 2.75) is 6.42 Å². The maximum absolute atomic E-state index is 11.9. The molecule has 17 heavy (non-hydrogen) atoms. The average Bonchev–Trinajstić information content (AvgIpc) is 2.71. The van der Waals surface area contributed by atoms with Gasteiger partial charge in [-0.15, -0.1) is 0 Å². The minimum absolute atomic E-state index is 0.0923. The van der Waals surface area contributed by atoms with Gasteiger partial charge in [0.05, 0.1) is 0 Å². The van der Waals surface area contributed by atoms with E-state index in [1.54, 1.807) is 6.20 Å². The van der Waals surface area contributed by atoms with Crippen LogP contribution in [0.3, 0.4) is 0 Å². The van der Waals surface area contributed by atoms with Crippen LogP contribution < -0.4 is 10.6 Å². The Bertz CT molecular complexity index is 543. The van der Waals surface area contributed by atoms with Gasteiger partial charge in [-0.05, 0) is 24.7 Å². The zero-order valence-electron chi connectivity index (χ0n) is 10.2. The van der Waals surface area contributed by atoms with Crippen LogP contribution in [-0.4, -0.2) is 31.4 Å². The Balaban J connectivity index is 2.50. The van der Waals surface area contributed by atoms with Crippen molar-refractivity contribution < 1.29 is 4.79 Å². The molecular weight excluding hydrogens is 214 g/mol. The molecule has 0 saturated carbocycles. The lowest BCUT2D eigenvalue weighted by Gasteiger charge is -2.12. The third-order valence-corrected chi connectivity index (χ3v) is 2.85. The monoisotopic (exact) mass is 231 g/mol. The van der Waals surface area contributed by atoms with E-state index in [4.69, 9.17) is 5.73 Å². The number of nitrogens with two attached hydrogens (primary N) is 1. The highest BCUT2D eigenvalue weighted by Crippen LogP contribution is 2.24. The summed E-state index contributed by atoms with van der Waals surface area (Å²) in [6, 6.07) is 6.04. The highest BCUT2D eigenvalue weighted by Gasteiger charge is 2.11. The van der Waals surface area contributed by atoms with Gasteiger partial charge in [0.1, 0.15) is 0 Å². The normalized spacial score (nSPS) is 10.8. The van der Waals surface area contributed by atoms with Crippen LogP contribution in [0.5, 0.6) is 0 Å². The molecule has 0 amide bonds. The number of nitrogens with zero attached hydrogens (tertiary/aromatic N) is 1. The number of nitrogens with one attached hydrogen (secondary N) is 1. The summed E-state index contributed by atoms with van der Waals surface area (Å²) in [6.07, 6.45) is 2.15. The SMILES string of the molecule is CN(C)c1ccc2[nH]cc(C(=O)CCN)c2c1. The van der Waals surface area contributed by atoms with Crippen LogP contribution in [0.15, 0.2) is 24.4 Å². The maximum Gasteiger partial charge on any atom is 0.166 e. The molecule has 0 aliphatic heterocycles. The van der Waals surface area contributed by atoms with E-state index in [2.05, 4.69) is 4.98 Å². The first kappa shape index (κ1) is 11.7. The van der Waals surface area contributed by atoms with E-state index in [1.807, 2.05) is 37.2 Å². The number of Topliss-reactive ketones (excluding diaryl/α,β-unsaturated/α-hetero) is 1. The summed E-state index contributed by atoms with van der Waals surface area (Å²) >= 11 is 0. The number of carbonyl (C=O) groups is 1. The summed E-state index contributed by atoms with van der Waals surface area (Å²) in [5, 5.41) is 0.967.